The molecule has 0 bridgehead atoms. The minimum atomic E-state index is -0.399. The van der Waals surface area contributed by atoms with Gasteiger partial charge in [0.1, 0.15) is 5.76 Å². The lowest BCUT2D eigenvalue weighted by atomic mass is 10.1. The van der Waals surface area contributed by atoms with Crippen molar-refractivity contribution in [1.82, 2.24) is 10.2 Å². The van der Waals surface area contributed by atoms with Gasteiger partial charge in [-0.15, -0.1) is 0 Å². The van der Waals surface area contributed by atoms with E-state index in [1.807, 2.05) is 0 Å². The number of benzene rings is 1. The molecule has 1 aliphatic heterocycles. The summed E-state index contributed by atoms with van der Waals surface area (Å²) in [4.78, 5) is 38.0. The molecule has 28 heavy (non-hydrogen) atoms. The Bertz CT molecular complexity index is 859. The van der Waals surface area contributed by atoms with Crippen LogP contribution in [-0.2, 0) is 16.1 Å². The lowest BCUT2D eigenvalue weighted by molar-refractivity contribution is -0.128. The van der Waals surface area contributed by atoms with Gasteiger partial charge in [0.05, 0.1) is 18.7 Å². The number of amides is 4. The smallest absolute Gasteiger partial charge is 0.319 e. The molecular formula is C20H22N4O4. The van der Waals surface area contributed by atoms with Gasteiger partial charge in [-0.05, 0) is 49.2 Å². The minimum Gasteiger partial charge on any atom is -0.467 e. The third kappa shape index (κ3) is 4.51. The zero-order chi connectivity index (χ0) is 19.5. The molecule has 0 radical (unpaired) electrons. The summed E-state index contributed by atoms with van der Waals surface area (Å²) in [6.07, 6.45) is 3.81. The first-order valence-corrected chi connectivity index (χ1v) is 9.35. The Hall–Kier alpha value is -3.29. The van der Waals surface area contributed by atoms with Crippen LogP contribution >= 0.6 is 0 Å². The van der Waals surface area contributed by atoms with Gasteiger partial charge in [0.2, 0.25) is 11.8 Å². The molecule has 8 nitrogen and oxygen atoms in total. The van der Waals surface area contributed by atoms with Crippen LogP contribution in [0.2, 0.25) is 0 Å². The summed E-state index contributed by atoms with van der Waals surface area (Å²) in [5.41, 5.74) is 1.27. The van der Waals surface area contributed by atoms with Crippen molar-refractivity contribution in [1.29, 1.82) is 0 Å². The molecule has 1 aromatic heterocycles. The zero-order valence-corrected chi connectivity index (χ0v) is 15.3. The molecule has 1 aliphatic carbocycles. The van der Waals surface area contributed by atoms with Crippen LogP contribution in [0.3, 0.4) is 0 Å². The molecule has 2 aromatic rings. The van der Waals surface area contributed by atoms with E-state index in [1.165, 1.54) is 0 Å². The predicted octanol–water partition coefficient (Wildman–Crippen LogP) is 2.55. The van der Waals surface area contributed by atoms with Crippen LogP contribution in [0.4, 0.5) is 16.2 Å². The van der Waals surface area contributed by atoms with Crippen LogP contribution in [0.15, 0.2) is 47.1 Å². The molecule has 4 rings (SSSR count). The van der Waals surface area contributed by atoms with E-state index in [9.17, 15) is 14.4 Å². The van der Waals surface area contributed by atoms with E-state index in [0.717, 1.165) is 12.8 Å². The van der Waals surface area contributed by atoms with Gasteiger partial charge in [-0.25, -0.2) is 4.79 Å². The molecule has 3 N–H and O–H groups in total. The number of urea groups is 1. The molecule has 1 saturated carbocycles. The average molecular weight is 382 g/mol. The van der Waals surface area contributed by atoms with Gasteiger partial charge in [0.15, 0.2) is 0 Å². The number of nitrogens with one attached hydrogen (secondary N) is 3. The monoisotopic (exact) mass is 382 g/mol. The molecule has 2 aliphatic rings. The number of furan rings is 1. The average Bonchev–Trinajstić information content (AvgIpc) is 3.18. The van der Waals surface area contributed by atoms with Crippen molar-refractivity contribution in [3.63, 3.8) is 0 Å². The van der Waals surface area contributed by atoms with E-state index >= 15 is 0 Å². The number of hydrogen-bond acceptors (Lipinski definition) is 4. The fourth-order valence-corrected chi connectivity index (χ4v) is 3.15. The summed E-state index contributed by atoms with van der Waals surface area (Å²) < 4.78 is 5.27. The van der Waals surface area contributed by atoms with Gasteiger partial charge < -0.3 is 25.3 Å². The molecule has 1 saturated heterocycles. The third-order valence-electron chi connectivity index (χ3n) is 4.83. The second-order valence-corrected chi connectivity index (χ2v) is 7.19. The number of likely N-dealkylation sites (tertiary alicyclic amines) is 1. The van der Waals surface area contributed by atoms with Crippen LogP contribution in [0.5, 0.6) is 0 Å². The Kier molecular flexibility index (Phi) is 5.01. The second kappa shape index (κ2) is 7.75. The molecule has 1 unspecified atom stereocenters. The standard InChI is InChI=1S/C20H22N4O4/c25-18-10-13(11-24(18)12-17-2-1-9-28-17)19(26)21-14-3-5-15(6-4-14)22-20(27)23-16-7-8-16/h1-6,9,13,16H,7-8,10-12H2,(H,21,26)(H2,22,23,27). The van der Waals surface area contributed by atoms with E-state index in [-0.39, 0.29) is 24.3 Å². The van der Waals surface area contributed by atoms with Gasteiger partial charge in [0.25, 0.3) is 0 Å². The molecule has 1 atom stereocenters. The van der Waals surface area contributed by atoms with Crippen LogP contribution in [0.1, 0.15) is 25.0 Å². The van der Waals surface area contributed by atoms with E-state index in [0.29, 0.717) is 36.3 Å². The summed E-state index contributed by atoms with van der Waals surface area (Å²) in [5, 5.41) is 8.44. The van der Waals surface area contributed by atoms with Crippen LogP contribution in [0, 0.1) is 5.92 Å². The topological polar surface area (TPSA) is 104 Å². The fourth-order valence-electron chi connectivity index (χ4n) is 3.15. The van der Waals surface area contributed by atoms with Crippen molar-refractivity contribution in [3.8, 4) is 0 Å². The van der Waals surface area contributed by atoms with E-state index in [2.05, 4.69) is 16.0 Å². The highest BCUT2D eigenvalue weighted by atomic mass is 16.3. The molecule has 2 fully saturated rings. The van der Waals surface area contributed by atoms with Crippen molar-refractivity contribution in [2.45, 2.75) is 31.8 Å². The maximum atomic E-state index is 12.5. The lowest BCUT2D eigenvalue weighted by Gasteiger charge is -2.15. The van der Waals surface area contributed by atoms with Crippen molar-refractivity contribution in [2.24, 2.45) is 5.92 Å². The molecule has 8 heteroatoms. The summed E-state index contributed by atoms with van der Waals surface area (Å²) >= 11 is 0. The number of rotatable bonds is 6. The van der Waals surface area contributed by atoms with Crippen LogP contribution < -0.4 is 16.0 Å². The third-order valence-corrected chi connectivity index (χ3v) is 4.83. The summed E-state index contributed by atoms with van der Waals surface area (Å²) in [6.45, 7) is 0.741. The number of nitrogens with zero attached hydrogens (tertiary/aromatic N) is 1. The highest BCUT2D eigenvalue weighted by molar-refractivity contribution is 5.97. The highest BCUT2D eigenvalue weighted by Crippen LogP contribution is 2.23. The summed E-state index contributed by atoms with van der Waals surface area (Å²) in [6, 6.07) is 10.6. The van der Waals surface area contributed by atoms with Crippen molar-refractivity contribution in [3.05, 3.63) is 48.4 Å². The Morgan fingerprint density at radius 1 is 1.07 bits per heavy atom. The Balaban J connectivity index is 1.28. The molecule has 1 aromatic carbocycles. The van der Waals surface area contributed by atoms with Gasteiger partial charge in [0, 0.05) is 30.4 Å². The first kappa shape index (κ1) is 18.1. The Labute approximate surface area is 162 Å². The minimum absolute atomic E-state index is 0.0576. The number of carbonyl (C=O) groups is 3. The number of carbonyl (C=O) groups excluding carboxylic acids is 3. The number of hydrogen-bond donors (Lipinski definition) is 3. The van der Waals surface area contributed by atoms with Crippen molar-refractivity contribution < 1.29 is 18.8 Å². The van der Waals surface area contributed by atoms with Gasteiger partial charge in [-0.1, -0.05) is 0 Å². The summed E-state index contributed by atoms with van der Waals surface area (Å²) in [5.74, 6) is 0.0491. The first-order chi connectivity index (χ1) is 13.6. The molecule has 146 valence electrons. The van der Waals surface area contributed by atoms with Crippen molar-refractivity contribution in [2.75, 3.05) is 17.2 Å². The second-order valence-electron chi connectivity index (χ2n) is 7.19. The van der Waals surface area contributed by atoms with Crippen LogP contribution in [-0.4, -0.2) is 35.3 Å². The maximum absolute atomic E-state index is 12.5. The van der Waals surface area contributed by atoms with Gasteiger partial charge >= 0.3 is 6.03 Å². The Morgan fingerprint density at radius 2 is 1.79 bits per heavy atom. The predicted molar refractivity (Wildman–Crippen MR) is 102 cm³/mol. The molecule has 2 heterocycles. The number of anilines is 2. The molecular weight excluding hydrogens is 360 g/mol. The normalized spacial score (nSPS) is 18.8. The van der Waals surface area contributed by atoms with E-state index in [1.54, 1.807) is 47.6 Å². The molecule has 4 amide bonds. The molecule has 0 spiro atoms. The van der Waals surface area contributed by atoms with Gasteiger partial charge in [-0.3, -0.25) is 9.59 Å². The quantitative estimate of drug-likeness (QED) is 0.714. The lowest BCUT2D eigenvalue weighted by Crippen LogP contribution is -2.30. The van der Waals surface area contributed by atoms with Crippen LogP contribution in [0.25, 0.3) is 0 Å². The van der Waals surface area contributed by atoms with E-state index in [4.69, 9.17) is 4.42 Å². The summed E-state index contributed by atoms with van der Waals surface area (Å²) in [7, 11) is 0. The SMILES string of the molecule is O=C(Nc1ccc(NC(=O)C2CC(=O)N(Cc3ccco3)C2)cc1)NC1CC1. The van der Waals surface area contributed by atoms with Crippen molar-refractivity contribution >= 4 is 29.2 Å². The van der Waals surface area contributed by atoms with E-state index < -0.39 is 5.92 Å². The first-order valence-electron chi connectivity index (χ1n) is 9.35. The zero-order valence-electron chi connectivity index (χ0n) is 15.3. The maximum Gasteiger partial charge on any atom is 0.319 e. The van der Waals surface area contributed by atoms with Gasteiger partial charge in [-0.2, -0.15) is 0 Å². The highest BCUT2D eigenvalue weighted by Gasteiger charge is 2.34. The fraction of sp³-hybridized carbons (Fsp3) is 0.350. The largest absolute Gasteiger partial charge is 0.467 e. The Morgan fingerprint density at radius 3 is 2.43 bits per heavy atom.